The summed E-state index contributed by atoms with van der Waals surface area (Å²) >= 11 is 0. The zero-order valence-electron chi connectivity index (χ0n) is 35.4. The number of ether oxygens (including phenoxy) is 2. The lowest BCUT2D eigenvalue weighted by Crippen LogP contribution is -2.51. The van der Waals surface area contributed by atoms with E-state index in [0.717, 1.165) is 53.7 Å². The van der Waals surface area contributed by atoms with Gasteiger partial charge in [0.1, 0.15) is 12.4 Å². The van der Waals surface area contributed by atoms with Gasteiger partial charge in [-0.2, -0.15) is 0 Å². The van der Waals surface area contributed by atoms with Crippen molar-refractivity contribution >= 4 is 40.5 Å². The lowest BCUT2D eigenvalue weighted by Gasteiger charge is -2.41. The van der Waals surface area contributed by atoms with Crippen molar-refractivity contribution in [1.82, 2.24) is 19.7 Å². The number of carbonyl (C=O) groups excluding carboxylic acids is 4. The van der Waals surface area contributed by atoms with Crippen LogP contribution < -0.4 is 10.1 Å². The Bertz CT molecular complexity index is 2090. The largest absolute Gasteiger partial charge is 0.458 e. The van der Waals surface area contributed by atoms with Gasteiger partial charge in [0.05, 0.1) is 22.8 Å². The first kappa shape index (κ1) is 43.0. The summed E-state index contributed by atoms with van der Waals surface area (Å²) in [6.45, 7) is 7.42. The molecule has 12 heteroatoms. The molecule has 0 radical (unpaired) electrons. The van der Waals surface area contributed by atoms with Gasteiger partial charge >= 0.3 is 12.1 Å². The van der Waals surface area contributed by atoms with Crippen LogP contribution in [0.5, 0.6) is 5.75 Å². The van der Waals surface area contributed by atoms with Crippen LogP contribution in [-0.4, -0.2) is 87.1 Å². The number of benzene rings is 2. The fourth-order valence-electron chi connectivity index (χ4n) is 8.91. The highest BCUT2D eigenvalue weighted by Gasteiger charge is 2.52. The molecule has 1 aromatic heterocycles. The van der Waals surface area contributed by atoms with Crippen LogP contribution in [0.2, 0.25) is 0 Å². The van der Waals surface area contributed by atoms with E-state index < -0.39 is 17.7 Å². The van der Waals surface area contributed by atoms with Gasteiger partial charge in [0, 0.05) is 56.8 Å². The Morgan fingerprint density at radius 2 is 1.63 bits per heavy atom. The molecule has 0 aliphatic carbocycles. The Balaban J connectivity index is 0.813. The molecule has 1 unspecified atom stereocenters. The van der Waals surface area contributed by atoms with Gasteiger partial charge in [-0.05, 0) is 98.0 Å². The molecule has 2 N–H and O–H groups in total. The average Bonchev–Trinajstić information content (AvgIpc) is 3.61. The third kappa shape index (κ3) is 10.1. The van der Waals surface area contributed by atoms with Crippen LogP contribution in [0.25, 0.3) is 10.9 Å². The van der Waals surface area contributed by atoms with Crippen molar-refractivity contribution in [2.45, 2.75) is 128 Å². The number of piperazine rings is 1. The number of anilines is 1. The Labute approximate surface area is 354 Å². The molecule has 1 fully saturated rings. The Hall–Kier alpha value is -5.07. The molecular weight excluding hydrogens is 759 g/mol. The topological polar surface area (TPSA) is 142 Å². The molecule has 0 bridgehead atoms. The molecule has 4 aliphatic rings. The fraction of sp³-hybridized carbons (Fsp3) is 0.521. The number of hydrogen-bond acceptors (Lipinski definition) is 9. The first-order valence-electron chi connectivity index (χ1n) is 22.3. The second-order valence-electron chi connectivity index (χ2n) is 16.8. The van der Waals surface area contributed by atoms with E-state index in [4.69, 9.17) is 14.5 Å². The molecule has 1 saturated heterocycles. The van der Waals surface area contributed by atoms with Gasteiger partial charge in [0.25, 0.3) is 5.91 Å². The second-order valence-corrected chi connectivity index (χ2v) is 16.8. The maximum atomic E-state index is 13.5. The molecule has 7 rings (SSSR count). The van der Waals surface area contributed by atoms with Crippen molar-refractivity contribution in [3.8, 4) is 5.75 Å². The van der Waals surface area contributed by atoms with E-state index in [-0.39, 0.29) is 30.9 Å². The second kappa shape index (κ2) is 20.0. The van der Waals surface area contributed by atoms with Crippen molar-refractivity contribution in [3.05, 3.63) is 88.7 Å². The minimum absolute atomic E-state index is 0.0633. The molecule has 0 saturated carbocycles. The summed E-state index contributed by atoms with van der Waals surface area (Å²) in [6, 6.07) is 15.0. The normalized spacial score (nSPS) is 20.4. The predicted molar refractivity (Wildman–Crippen MR) is 231 cm³/mol. The van der Waals surface area contributed by atoms with Gasteiger partial charge in [0.2, 0.25) is 5.91 Å². The maximum absolute atomic E-state index is 13.5. The number of cyclic esters (lactones) is 1. The van der Waals surface area contributed by atoms with Crippen LogP contribution in [-0.2, 0) is 32.2 Å². The summed E-state index contributed by atoms with van der Waals surface area (Å²) in [5.41, 5.74) is 3.27. The van der Waals surface area contributed by atoms with E-state index in [1.165, 1.54) is 51.4 Å². The van der Waals surface area contributed by atoms with E-state index in [1.54, 1.807) is 28.9 Å². The predicted octanol–water partition coefficient (Wildman–Crippen LogP) is 8.53. The van der Waals surface area contributed by atoms with Gasteiger partial charge < -0.3 is 29.7 Å². The molecule has 12 nitrogen and oxygen atoms in total. The molecule has 4 aliphatic heterocycles. The fourth-order valence-corrected chi connectivity index (χ4v) is 8.91. The number of aromatic nitrogens is 1. The summed E-state index contributed by atoms with van der Waals surface area (Å²) in [4.78, 5) is 62.5. The number of nitrogens with zero attached hydrogens (tertiary/aromatic N) is 4. The summed E-state index contributed by atoms with van der Waals surface area (Å²) in [5, 5.41) is 15.0. The van der Waals surface area contributed by atoms with Crippen molar-refractivity contribution < 1.29 is 33.8 Å². The number of aliphatic hydroxyl groups is 1. The number of hydrogen-bond donors (Lipinski definition) is 2. The van der Waals surface area contributed by atoms with Crippen molar-refractivity contribution in [2.24, 2.45) is 0 Å². The molecule has 2 atom stereocenters. The van der Waals surface area contributed by atoms with Gasteiger partial charge in [0.15, 0.2) is 5.60 Å². The van der Waals surface area contributed by atoms with Gasteiger partial charge in [-0.3, -0.25) is 19.5 Å². The summed E-state index contributed by atoms with van der Waals surface area (Å²) in [6.07, 6.45) is 18.5. The smallest absolute Gasteiger partial charge is 0.415 e. The van der Waals surface area contributed by atoms with E-state index in [9.17, 15) is 24.3 Å². The number of amides is 3. The van der Waals surface area contributed by atoms with E-state index in [0.29, 0.717) is 68.0 Å². The van der Waals surface area contributed by atoms with E-state index in [1.807, 2.05) is 24.3 Å². The van der Waals surface area contributed by atoms with Crippen LogP contribution >= 0.6 is 0 Å². The molecule has 3 aromatic rings. The van der Waals surface area contributed by atoms with Gasteiger partial charge in [-0.25, -0.2) is 9.59 Å². The van der Waals surface area contributed by atoms with Crippen LogP contribution in [0.3, 0.4) is 0 Å². The molecule has 320 valence electrons. The first-order valence-corrected chi connectivity index (χ1v) is 22.3. The number of nitrogens with one attached hydrogen (secondary N) is 1. The molecule has 60 heavy (non-hydrogen) atoms. The first-order chi connectivity index (χ1) is 29.2. The van der Waals surface area contributed by atoms with Crippen molar-refractivity contribution in [1.29, 1.82) is 0 Å². The minimum atomic E-state index is -1.81. The number of fused-ring (bicyclic) bond motifs is 4. The number of allylic oxidation sites excluding steroid dienone is 2. The van der Waals surface area contributed by atoms with Crippen LogP contribution in [0.15, 0.2) is 71.8 Å². The lowest BCUT2D eigenvalue weighted by atomic mass is 9.79. The van der Waals surface area contributed by atoms with Crippen LogP contribution in [0.4, 0.5) is 10.5 Å². The highest BCUT2D eigenvalue weighted by atomic mass is 16.6. The third-order valence-electron chi connectivity index (χ3n) is 12.6. The maximum Gasteiger partial charge on any atom is 0.415 e. The lowest BCUT2D eigenvalue weighted by molar-refractivity contribution is -0.165. The highest BCUT2D eigenvalue weighted by molar-refractivity contribution is 6.01. The molecular formula is C48H61N5O7. The third-order valence-corrected chi connectivity index (χ3v) is 12.6. The summed E-state index contributed by atoms with van der Waals surface area (Å²) in [7, 11) is 0. The molecule has 0 spiro atoms. The van der Waals surface area contributed by atoms with E-state index >= 15 is 0 Å². The van der Waals surface area contributed by atoms with Gasteiger partial charge in [-0.15, -0.1) is 0 Å². The quantitative estimate of drug-likeness (QED) is 0.0734. The average molecular weight is 820 g/mol. The van der Waals surface area contributed by atoms with Crippen molar-refractivity contribution in [3.63, 3.8) is 0 Å². The zero-order chi connectivity index (χ0) is 42.1. The number of pyridine rings is 1. The monoisotopic (exact) mass is 819 g/mol. The number of esters is 1. The summed E-state index contributed by atoms with van der Waals surface area (Å²) < 4.78 is 11.0. The number of rotatable bonds is 18. The number of carbonyl (C=O) groups is 4. The van der Waals surface area contributed by atoms with Crippen LogP contribution in [0, 0.1) is 0 Å². The molecule has 3 amide bonds. The molecule has 5 heterocycles. The zero-order valence-corrected chi connectivity index (χ0v) is 35.4. The minimum Gasteiger partial charge on any atom is -0.458 e. The Kier molecular flexibility index (Phi) is 14.3. The standard InChI is InChI=1S/C48H61N5O7/c1-3-5-6-7-8-9-10-11-12-13-14-15-16-17-43(54)49-37-20-18-34(19-21-37)31-51-24-26-52(27-25-51)47(57)60-38-22-23-41-35(29-38)28-36-32-53-42(44(36)50-41)30-40-39(45(53)55)33-59-46(56)48(40,58)4-2/h9-10,18-23,28-29,42,58H,3-8,11-17,24-27,30-33H2,1-2H3,(H,49,54)/b10-9+/t42?,48-/m0/s1. The van der Waals surface area contributed by atoms with Gasteiger partial charge in [-0.1, -0.05) is 76.7 Å². The Morgan fingerprint density at radius 3 is 2.37 bits per heavy atom. The van der Waals surface area contributed by atoms with Crippen molar-refractivity contribution in [2.75, 3.05) is 38.1 Å². The van der Waals surface area contributed by atoms with E-state index in [2.05, 4.69) is 41.4 Å². The summed E-state index contributed by atoms with van der Waals surface area (Å²) in [5.74, 6) is -0.478. The Morgan fingerprint density at radius 1 is 0.917 bits per heavy atom. The highest BCUT2D eigenvalue weighted by Crippen LogP contribution is 2.47. The SMILES string of the molecule is CCCCCC/C=C/CCCCCCCC(=O)Nc1ccc(CN2CCN(C(=O)Oc3ccc4nc5c(cc4c3)CN3C(=O)C4=C(CC53)[C@@](O)(CC)C(=O)OC4)CC2)cc1. The van der Waals surface area contributed by atoms with Crippen LogP contribution in [0.1, 0.15) is 127 Å². The molecule has 2 aromatic carbocycles. The number of unbranched alkanes of at least 4 members (excludes halogenated alkanes) is 9.